The summed E-state index contributed by atoms with van der Waals surface area (Å²) in [6.45, 7) is -0.308. The van der Waals surface area contributed by atoms with E-state index < -0.39 is 21.8 Å². The number of halogens is 1. The summed E-state index contributed by atoms with van der Waals surface area (Å²) in [5.74, 6) is -1.06. The molecule has 1 aromatic carbocycles. The maximum absolute atomic E-state index is 12.1. The Balaban J connectivity index is 1.99. The van der Waals surface area contributed by atoms with Gasteiger partial charge in [0.2, 0.25) is 15.9 Å². The summed E-state index contributed by atoms with van der Waals surface area (Å²) in [6.07, 6.45) is 1.38. The van der Waals surface area contributed by atoms with E-state index in [0.29, 0.717) is 10.7 Å². The summed E-state index contributed by atoms with van der Waals surface area (Å²) < 4.78 is 25.3. The number of pyridine rings is 1. The lowest BCUT2D eigenvalue weighted by Gasteiger charge is -2.13. The highest BCUT2D eigenvalue weighted by atomic mass is 35.5. The van der Waals surface area contributed by atoms with Gasteiger partial charge in [0, 0.05) is 31.0 Å². The maximum atomic E-state index is 12.1. The molecule has 0 aliphatic carbocycles. The number of nitrogens with one attached hydrogen (secondary N) is 2. The topological polar surface area (TPSA) is 108 Å². The molecule has 0 unspecified atom stereocenters. The minimum Gasteiger partial charge on any atom is -0.342 e. The average molecular weight is 397 g/mol. The average Bonchev–Trinajstić information content (AvgIpc) is 2.59. The van der Waals surface area contributed by atoms with Gasteiger partial charge in [-0.3, -0.25) is 14.6 Å². The van der Waals surface area contributed by atoms with E-state index >= 15 is 0 Å². The SMILES string of the molecule is CN(C)S(=O)(=O)c1cccc(NC(=O)CNC(=O)c2cc(Cl)ccn2)c1. The van der Waals surface area contributed by atoms with Crippen molar-refractivity contribution in [2.45, 2.75) is 4.90 Å². The van der Waals surface area contributed by atoms with Crippen LogP contribution in [0.25, 0.3) is 0 Å². The Morgan fingerprint density at radius 3 is 2.58 bits per heavy atom. The zero-order chi connectivity index (χ0) is 19.3. The molecule has 10 heteroatoms. The first-order valence-electron chi connectivity index (χ1n) is 7.42. The zero-order valence-electron chi connectivity index (χ0n) is 14.1. The van der Waals surface area contributed by atoms with Gasteiger partial charge in [-0.2, -0.15) is 0 Å². The molecule has 0 bridgehead atoms. The second kappa shape index (κ2) is 8.26. The van der Waals surface area contributed by atoms with Crippen molar-refractivity contribution in [3.63, 3.8) is 0 Å². The molecule has 0 fully saturated rings. The van der Waals surface area contributed by atoms with Gasteiger partial charge in [0.05, 0.1) is 11.4 Å². The summed E-state index contributed by atoms with van der Waals surface area (Å²) in [4.78, 5) is 27.8. The Hall–Kier alpha value is -2.49. The standard InChI is InChI=1S/C16H17ClN4O4S/c1-21(2)26(24,25)13-5-3-4-12(9-13)20-15(22)10-19-16(23)14-8-11(17)6-7-18-14/h3-9H,10H2,1-2H3,(H,19,23)(H,20,22). The van der Waals surface area contributed by atoms with Crippen LogP contribution in [0.4, 0.5) is 5.69 Å². The molecular formula is C16H17ClN4O4S. The molecule has 2 rings (SSSR count). The van der Waals surface area contributed by atoms with Crippen LogP contribution in [0.1, 0.15) is 10.5 Å². The summed E-state index contributed by atoms with van der Waals surface area (Å²) in [5.41, 5.74) is 0.387. The van der Waals surface area contributed by atoms with Crippen LogP contribution in [0, 0.1) is 0 Å². The quantitative estimate of drug-likeness (QED) is 0.766. The number of carbonyl (C=O) groups excluding carboxylic acids is 2. The Bertz CT molecular complexity index is 931. The zero-order valence-corrected chi connectivity index (χ0v) is 15.6. The highest BCUT2D eigenvalue weighted by Crippen LogP contribution is 2.17. The molecule has 0 atom stereocenters. The van der Waals surface area contributed by atoms with Crippen molar-refractivity contribution in [3.8, 4) is 0 Å². The van der Waals surface area contributed by atoms with Gasteiger partial charge in [0.25, 0.3) is 5.91 Å². The van der Waals surface area contributed by atoms with Crippen LogP contribution in [-0.4, -0.2) is 50.2 Å². The van der Waals surface area contributed by atoms with Gasteiger partial charge >= 0.3 is 0 Å². The van der Waals surface area contributed by atoms with Gasteiger partial charge in [0.15, 0.2) is 0 Å². The lowest BCUT2D eigenvalue weighted by Crippen LogP contribution is -2.33. The van der Waals surface area contributed by atoms with E-state index in [9.17, 15) is 18.0 Å². The number of hydrogen-bond acceptors (Lipinski definition) is 5. The van der Waals surface area contributed by atoms with Crippen LogP contribution >= 0.6 is 11.6 Å². The molecule has 0 radical (unpaired) electrons. The van der Waals surface area contributed by atoms with Crippen molar-refractivity contribution in [2.75, 3.05) is 26.0 Å². The third kappa shape index (κ3) is 5.01. The Labute approximate surface area is 156 Å². The van der Waals surface area contributed by atoms with Crippen LogP contribution < -0.4 is 10.6 Å². The lowest BCUT2D eigenvalue weighted by atomic mass is 10.3. The van der Waals surface area contributed by atoms with Crippen molar-refractivity contribution >= 4 is 39.1 Å². The summed E-state index contributed by atoms with van der Waals surface area (Å²) in [5, 5.41) is 5.29. The molecule has 0 aliphatic rings. The van der Waals surface area contributed by atoms with Crippen LogP contribution in [0.15, 0.2) is 47.5 Å². The van der Waals surface area contributed by atoms with Gasteiger partial charge in [-0.25, -0.2) is 12.7 Å². The second-order valence-electron chi connectivity index (χ2n) is 5.41. The normalized spacial score (nSPS) is 11.2. The Morgan fingerprint density at radius 2 is 1.92 bits per heavy atom. The molecule has 0 saturated carbocycles. The largest absolute Gasteiger partial charge is 0.342 e. The van der Waals surface area contributed by atoms with E-state index in [1.165, 1.54) is 50.6 Å². The molecule has 26 heavy (non-hydrogen) atoms. The number of hydrogen-bond donors (Lipinski definition) is 2. The number of benzene rings is 1. The van der Waals surface area contributed by atoms with Crippen molar-refractivity contribution in [2.24, 2.45) is 0 Å². The predicted molar refractivity (Wildman–Crippen MR) is 97.5 cm³/mol. The molecule has 2 amide bonds. The van der Waals surface area contributed by atoms with Crippen molar-refractivity contribution in [1.82, 2.24) is 14.6 Å². The molecule has 0 aliphatic heterocycles. The molecule has 2 N–H and O–H groups in total. The van der Waals surface area contributed by atoms with E-state index in [4.69, 9.17) is 11.6 Å². The van der Waals surface area contributed by atoms with Gasteiger partial charge in [-0.15, -0.1) is 0 Å². The van der Waals surface area contributed by atoms with Gasteiger partial charge in [0.1, 0.15) is 5.69 Å². The Kier molecular flexibility index (Phi) is 6.30. The van der Waals surface area contributed by atoms with E-state index in [2.05, 4.69) is 15.6 Å². The van der Waals surface area contributed by atoms with Crippen molar-refractivity contribution in [1.29, 1.82) is 0 Å². The number of aromatic nitrogens is 1. The molecule has 1 aromatic heterocycles. The molecular weight excluding hydrogens is 380 g/mol. The van der Waals surface area contributed by atoms with Crippen molar-refractivity contribution < 1.29 is 18.0 Å². The number of carbonyl (C=O) groups is 2. The Morgan fingerprint density at radius 1 is 1.19 bits per heavy atom. The van der Waals surface area contributed by atoms with Crippen LogP contribution in [-0.2, 0) is 14.8 Å². The second-order valence-corrected chi connectivity index (χ2v) is 7.99. The maximum Gasteiger partial charge on any atom is 0.270 e. The van der Waals surface area contributed by atoms with Crippen LogP contribution in [0.2, 0.25) is 5.02 Å². The molecule has 2 aromatic rings. The predicted octanol–water partition coefficient (Wildman–Crippen LogP) is 1.35. The smallest absolute Gasteiger partial charge is 0.270 e. The molecule has 8 nitrogen and oxygen atoms in total. The van der Waals surface area contributed by atoms with E-state index in [1.54, 1.807) is 6.07 Å². The van der Waals surface area contributed by atoms with Gasteiger partial charge in [-0.1, -0.05) is 17.7 Å². The summed E-state index contributed by atoms with van der Waals surface area (Å²) >= 11 is 5.78. The first-order valence-corrected chi connectivity index (χ1v) is 9.24. The summed E-state index contributed by atoms with van der Waals surface area (Å²) in [6, 6.07) is 8.74. The fourth-order valence-corrected chi connectivity index (χ4v) is 3.04. The number of sulfonamides is 1. The lowest BCUT2D eigenvalue weighted by molar-refractivity contribution is -0.115. The van der Waals surface area contributed by atoms with Gasteiger partial charge < -0.3 is 10.6 Å². The number of rotatable bonds is 6. The number of nitrogens with zero attached hydrogens (tertiary/aromatic N) is 2. The minimum atomic E-state index is -3.61. The van der Waals surface area contributed by atoms with Crippen LogP contribution in [0.3, 0.4) is 0 Å². The highest BCUT2D eigenvalue weighted by molar-refractivity contribution is 7.89. The molecule has 1 heterocycles. The monoisotopic (exact) mass is 396 g/mol. The van der Waals surface area contributed by atoms with E-state index in [-0.39, 0.29) is 17.1 Å². The third-order valence-electron chi connectivity index (χ3n) is 3.26. The highest BCUT2D eigenvalue weighted by Gasteiger charge is 2.17. The first-order chi connectivity index (χ1) is 12.2. The molecule has 138 valence electrons. The fourth-order valence-electron chi connectivity index (χ4n) is 1.93. The summed E-state index contributed by atoms with van der Waals surface area (Å²) in [7, 11) is -0.776. The first kappa shape index (κ1) is 19.8. The van der Waals surface area contributed by atoms with E-state index in [0.717, 1.165) is 4.31 Å². The number of anilines is 1. The molecule has 0 saturated heterocycles. The molecule has 0 spiro atoms. The fraction of sp³-hybridized carbons (Fsp3) is 0.188. The van der Waals surface area contributed by atoms with E-state index in [1.807, 2.05) is 0 Å². The minimum absolute atomic E-state index is 0.0486. The van der Waals surface area contributed by atoms with Crippen LogP contribution in [0.5, 0.6) is 0 Å². The van der Waals surface area contributed by atoms with Gasteiger partial charge in [-0.05, 0) is 30.3 Å². The van der Waals surface area contributed by atoms with Crippen molar-refractivity contribution in [3.05, 3.63) is 53.3 Å². The third-order valence-corrected chi connectivity index (χ3v) is 5.31. The number of amides is 2.